The quantitative estimate of drug-likeness (QED) is 0.851. The second kappa shape index (κ2) is 6.12. The van der Waals surface area contributed by atoms with Crippen LogP contribution in [0.25, 0.3) is 0 Å². The number of likely N-dealkylation sites (N-methyl/N-ethyl adjacent to an activating group) is 1. The van der Waals surface area contributed by atoms with Gasteiger partial charge in [-0.05, 0) is 36.6 Å². The Morgan fingerprint density at radius 1 is 1.29 bits per heavy atom. The van der Waals surface area contributed by atoms with Gasteiger partial charge in [0.15, 0.2) is 0 Å². The molecule has 0 fully saturated rings. The molecule has 0 saturated carbocycles. The van der Waals surface area contributed by atoms with Gasteiger partial charge in [-0.3, -0.25) is 9.88 Å². The van der Waals surface area contributed by atoms with Crippen LogP contribution in [0.4, 0.5) is 0 Å². The van der Waals surface area contributed by atoms with E-state index < -0.39 is 0 Å². The van der Waals surface area contributed by atoms with Crippen LogP contribution in [0.5, 0.6) is 0 Å². The van der Waals surface area contributed by atoms with Crippen molar-refractivity contribution in [3.8, 4) is 0 Å². The molecule has 0 amide bonds. The zero-order valence-electron chi connectivity index (χ0n) is 11.5. The Kier molecular flexibility index (Phi) is 5.09. The van der Waals surface area contributed by atoms with Crippen molar-refractivity contribution < 1.29 is 0 Å². The van der Waals surface area contributed by atoms with E-state index in [9.17, 15) is 0 Å². The topological polar surface area (TPSA) is 42.2 Å². The minimum absolute atomic E-state index is 0.316. The van der Waals surface area contributed by atoms with E-state index >= 15 is 0 Å². The fraction of sp³-hybridized carbons (Fsp3) is 0.643. The second-order valence-corrected chi connectivity index (χ2v) is 5.92. The molecule has 3 nitrogen and oxygen atoms in total. The Balaban J connectivity index is 2.58. The van der Waals surface area contributed by atoms with E-state index in [-0.39, 0.29) is 0 Å². The normalized spacial score (nSPS) is 14.0. The van der Waals surface area contributed by atoms with Gasteiger partial charge in [0.25, 0.3) is 0 Å². The van der Waals surface area contributed by atoms with E-state index in [1.165, 1.54) is 5.56 Å². The average Bonchev–Trinajstić information content (AvgIpc) is 2.26. The summed E-state index contributed by atoms with van der Waals surface area (Å²) < 4.78 is 0. The number of hydrogen-bond acceptors (Lipinski definition) is 3. The number of pyridine rings is 1. The van der Waals surface area contributed by atoms with Gasteiger partial charge in [0.1, 0.15) is 0 Å². The number of hydrogen-bond donors (Lipinski definition) is 1. The van der Waals surface area contributed by atoms with Gasteiger partial charge < -0.3 is 5.73 Å². The van der Waals surface area contributed by atoms with Gasteiger partial charge in [-0.15, -0.1) is 0 Å². The number of aromatic nitrogens is 1. The molecule has 0 aliphatic heterocycles. The molecule has 17 heavy (non-hydrogen) atoms. The van der Waals surface area contributed by atoms with Crippen molar-refractivity contribution in [2.24, 2.45) is 11.1 Å². The molecule has 96 valence electrons. The molecule has 2 N–H and O–H groups in total. The highest BCUT2D eigenvalue weighted by molar-refractivity contribution is 5.09. The first-order valence-electron chi connectivity index (χ1n) is 6.21. The predicted molar refractivity (Wildman–Crippen MR) is 72.6 cm³/mol. The minimum atomic E-state index is 0.316. The highest BCUT2D eigenvalue weighted by atomic mass is 15.1. The van der Waals surface area contributed by atoms with Crippen molar-refractivity contribution in [1.29, 1.82) is 0 Å². The Morgan fingerprint density at radius 3 is 2.35 bits per heavy atom. The molecule has 0 aliphatic carbocycles. The molecule has 1 atom stereocenters. The third kappa shape index (κ3) is 5.29. The maximum absolute atomic E-state index is 5.88. The average molecular weight is 235 g/mol. The van der Waals surface area contributed by atoms with Crippen LogP contribution in [0.15, 0.2) is 24.5 Å². The first kappa shape index (κ1) is 14.1. The monoisotopic (exact) mass is 235 g/mol. The fourth-order valence-corrected chi connectivity index (χ4v) is 2.03. The molecule has 0 saturated heterocycles. The molecule has 0 radical (unpaired) electrons. The lowest BCUT2D eigenvalue weighted by Gasteiger charge is -2.32. The lowest BCUT2D eigenvalue weighted by molar-refractivity contribution is 0.177. The minimum Gasteiger partial charge on any atom is -0.329 e. The summed E-state index contributed by atoms with van der Waals surface area (Å²) in [7, 11) is 2.14. The van der Waals surface area contributed by atoms with Crippen molar-refractivity contribution in [2.45, 2.75) is 39.8 Å². The van der Waals surface area contributed by atoms with Crippen molar-refractivity contribution in [3.63, 3.8) is 0 Å². The molecule has 1 rings (SSSR count). The summed E-state index contributed by atoms with van der Waals surface area (Å²) in [5, 5.41) is 0. The highest BCUT2D eigenvalue weighted by Crippen LogP contribution is 2.23. The van der Waals surface area contributed by atoms with Crippen LogP contribution in [-0.4, -0.2) is 29.5 Å². The van der Waals surface area contributed by atoms with Gasteiger partial charge in [0.05, 0.1) is 0 Å². The molecule has 0 bridgehead atoms. The zero-order chi connectivity index (χ0) is 12.9. The summed E-state index contributed by atoms with van der Waals surface area (Å²) >= 11 is 0. The van der Waals surface area contributed by atoms with Crippen LogP contribution >= 0.6 is 0 Å². The molecule has 1 heterocycles. The summed E-state index contributed by atoms with van der Waals surface area (Å²) in [6.45, 7) is 8.42. The molecule has 1 aromatic rings. The van der Waals surface area contributed by atoms with E-state index in [1.54, 1.807) is 0 Å². The van der Waals surface area contributed by atoms with Crippen molar-refractivity contribution >= 4 is 0 Å². The van der Waals surface area contributed by atoms with Gasteiger partial charge in [0.2, 0.25) is 0 Å². The van der Waals surface area contributed by atoms with Gasteiger partial charge in [-0.2, -0.15) is 0 Å². The van der Waals surface area contributed by atoms with Crippen molar-refractivity contribution in [3.05, 3.63) is 30.1 Å². The lowest BCUT2D eigenvalue weighted by atomic mass is 9.87. The van der Waals surface area contributed by atoms with Crippen molar-refractivity contribution in [2.75, 3.05) is 13.6 Å². The fourth-order valence-electron chi connectivity index (χ4n) is 2.03. The Labute approximate surface area is 105 Å². The molecule has 0 aromatic carbocycles. The van der Waals surface area contributed by atoms with E-state index in [2.05, 4.69) is 49.8 Å². The summed E-state index contributed by atoms with van der Waals surface area (Å²) in [5.41, 5.74) is 7.48. The molecular formula is C14H25N3. The van der Waals surface area contributed by atoms with Gasteiger partial charge in [-0.25, -0.2) is 0 Å². The number of nitrogens with zero attached hydrogens (tertiary/aromatic N) is 2. The molecular weight excluding hydrogens is 210 g/mol. The third-order valence-electron chi connectivity index (χ3n) is 2.92. The maximum Gasteiger partial charge on any atom is 0.0271 e. The Hall–Kier alpha value is -0.930. The maximum atomic E-state index is 5.88. The first-order chi connectivity index (χ1) is 7.92. The Bertz CT molecular complexity index is 316. The number of rotatable bonds is 5. The van der Waals surface area contributed by atoms with Crippen LogP contribution in [-0.2, 0) is 6.54 Å². The zero-order valence-corrected chi connectivity index (χ0v) is 11.5. The first-order valence-corrected chi connectivity index (χ1v) is 6.21. The van der Waals surface area contributed by atoms with Gasteiger partial charge in [0, 0.05) is 31.5 Å². The van der Waals surface area contributed by atoms with Crippen LogP contribution in [0.2, 0.25) is 0 Å². The standard InChI is InChI=1S/C14H25N3/c1-14(2,3)9-13(10-15)17(4)11-12-5-7-16-8-6-12/h5-8,13H,9-11,15H2,1-4H3. The van der Waals surface area contributed by atoms with E-state index in [4.69, 9.17) is 5.73 Å². The molecule has 0 spiro atoms. The van der Waals surface area contributed by atoms with Crippen LogP contribution in [0, 0.1) is 5.41 Å². The van der Waals surface area contributed by atoms with Gasteiger partial charge in [-0.1, -0.05) is 20.8 Å². The van der Waals surface area contributed by atoms with Gasteiger partial charge >= 0.3 is 0 Å². The van der Waals surface area contributed by atoms with E-state index in [1.807, 2.05) is 12.4 Å². The molecule has 3 heteroatoms. The lowest BCUT2D eigenvalue weighted by Crippen LogP contribution is -2.40. The van der Waals surface area contributed by atoms with Crippen LogP contribution in [0.3, 0.4) is 0 Å². The van der Waals surface area contributed by atoms with Crippen molar-refractivity contribution in [1.82, 2.24) is 9.88 Å². The summed E-state index contributed by atoms with van der Waals surface area (Å²) in [6.07, 6.45) is 4.79. The van der Waals surface area contributed by atoms with E-state index in [0.29, 0.717) is 18.0 Å². The summed E-state index contributed by atoms with van der Waals surface area (Å²) in [6, 6.07) is 4.55. The molecule has 1 aromatic heterocycles. The number of nitrogens with two attached hydrogens (primary N) is 1. The molecule has 1 unspecified atom stereocenters. The summed E-state index contributed by atoms with van der Waals surface area (Å²) in [4.78, 5) is 6.37. The Morgan fingerprint density at radius 2 is 1.88 bits per heavy atom. The van der Waals surface area contributed by atoms with E-state index in [0.717, 1.165) is 13.0 Å². The smallest absolute Gasteiger partial charge is 0.0271 e. The third-order valence-corrected chi connectivity index (χ3v) is 2.92. The predicted octanol–water partition coefficient (Wildman–Crippen LogP) is 2.28. The van der Waals surface area contributed by atoms with Crippen LogP contribution in [0.1, 0.15) is 32.8 Å². The largest absolute Gasteiger partial charge is 0.329 e. The SMILES string of the molecule is CN(Cc1ccncc1)C(CN)CC(C)(C)C. The molecule has 0 aliphatic rings. The van der Waals surface area contributed by atoms with Crippen LogP contribution < -0.4 is 5.73 Å². The second-order valence-electron chi connectivity index (χ2n) is 5.92. The highest BCUT2D eigenvalue weighted by Gasteiger charge is 2.20. The summed E-state index contributed by atoms with van der Waals surface area (Å²) in [5.74, 6) is 0.